The Bertz CT molecular complexity index is 126. The molecule has 2 rings (SSSR count). The maximum Gasteiger partial charge on any atom is 0.0139 e. The second kappa shape index (κ2) is 2.71. The Morgan fingerprint density at radius 3 is 2.70 bits per heavy atom. The first-order valence-electron chi connectivity index (χ1n) is 4.23. The molecule has 2 aliphatic rings. The quantitative estimate of drug-likeness (QED) is 0.609. The minimum atomic E-state index is 0.899. The highest BCUT2D eigenvalue weighted by atomic mass is 35.5. The van der Waals surface area contributed by atoms with Gasteiger partial charge in [-0.1, -0.05) is 6.42 Å². The lowest BCUT2D eigenvalue weighted by atomic mass is 9.89. The topological polar surface area (TPSA) is 12.0 Å². The molecule has 0 radical (unpaired) electrons. The predicted molar refractivity (Wildman–Crippen MR) is 42.8 cm³/mol. The van der Waals surface area contributed by atoms with Crippen molar-refractivity contribution in [2.75, 3.05) is 6.54 Å². The number of nitrogens with one attached hydrogen (secondary N) is 1. The van der Waals surface area contributed by atoms with Crippen molar-refractivity contribution in [2.24, 2.45) is 17.8 Å². The molecule has 10 heavy (non-hydrogen) atoms. The summed E-state index contributed by atoms with van der Waals surface area (Å²) in [5.74, 6) is 2.97. The minimum Gasteiger partial charge on any atom is -0.233 e. The standard InChI is InChI=1S/C8H14ClN/c9-10-5-8-4-6-1-2-7(8)3-6/h6-8,10H,1-5H2. The van der Waals surface area contributed by atoms with E-state index in [4.69, 9.17) is 11.8 Å². The Kier molecular flexibility index (Phi) is 1.88. The van der Waals surface area contributed by atoms with Crippen molar-refractivity contribution in [1.82, 2.24) is 4.84 Å². The summed E-state index contributed by atoms with van der Waals surface area (Å²) in [6, 6.07) is 0. The van der Waals surface area contributed by atoms with E-state index in [9.17, 15) is 0 Å². The van der Waals surface area contributed by atoms with E-state index in [-0.39, 0.29) is 0 Å². The second-order valence-corrected chi connectivity index (χ2v) is 4.04. The first-order chi connectivity index (χ1) is 4.90. The van der Waals surface area contributed by atoms with E-state index in [1.807, 2.05) is 0 Å². The minimum absolute atomic E-state index is 0.899. The lowest BCUT2D eigenvalue weighted by Gasteiger charge is -2.19. The molecule has 2 fully saturated rings. The van der Waals surface area contributed by atoms with Gasteiger partial charge in [0.2, 0.25) is 0 Å². The highest BCUT2D eigenvalue weighted by Gasteiger charge is 2.38. The smallest absolute Gasteiger partial charge is 0.0139 e. The molecule has 2 heteroatoms. The molecule has 2 aliphatic carbocycles. The van der Waals surface area contributed by atoms with Gasteiger partial charge in [-0.25, -0.2) is 4.84 Å². The number of rotatable bonds is 2. The van der Waals surface area contributed by atoms with Crippen LogP contribution >= 0.6 is 11.8 Å². The molecule has 0 aromatic carbocycles. The number of hydrogen-bond donors (Lipinski definition) is 1. The average molecular weight is 160 g/mol. The van der Waals surface area contributed by atoms with E-state index in [0.29, 0.717) is 0 Å². The zero-order valence-corrected chi connectivity index (χ0v) is 6.90. The molecule has 0 heterocycles. The van der Waals surface area contributed by atoms with Gasteiger partial charge in [-0.3, -0.25) is 0 Å². The molecule has 0 amide bonds. The molecule has 2 saturated carbocycles. The van der Waals surface area contributed by atoms with Crippen LogP contribution in [0.1, 0.15) is 25.7 Å². The fourth-order valence-electron chi connectivity index (χ4n) is 2.73. The van der Waals surface area contributed by atoms with Crippen LogP contribution in [0.5, 0.6) is 0 Å². The van der Waals surface area contributed by atoms with E-state index >= 15 is 0 Å². The van der Waals surface area contributed by atoms with Crippen LogP contribution in [0.15, 0.2) is 0 Å². The van der Waals surface area contributed by atoms with Gasteiger partial charge in [0.05, 0.1) is 0 Å². The van der Waals surface area contributed by atoms with E-state index in [2.05, 4.69) is 4.84 Å². The van der Waals surface area contributed by atoms with Gasteiger partial charge in [-0.15, -0.1) is 0 Å². The van der Waals surface area contributed by atoms with Crippen LogP contribution in [0.2, 0.25) is 0 Å². The Hall–Kier alpha value is 0.250. The van der Waals surface area contributed by atoms with E-state index in [0.717, 1.165) is 24.3 Å². The largest absolute Gasteiger partial charge is 0.233 e. The maximum atomic E-state index is 5.47. The molecule has 3 atom stereocenters. The SMILES string of the molecule is ClNCC1CC2CCC1C2. The van der Waals surface area contributed by atoms with Crippen molar-refractivity contribution in [3.63, 3.8) is 0 Å². The number of halogens is 1. The molecule has 0 spiro atoms. The molecular formula is C8H14ClN. The molecule has 0 aliphatic heterocycles. The molecule has 0 aromatic heterocycles. The molecule has 0 aromatic rings. The van der Waals surface area contributed by atoms with Gasteiger partial charge in [0.25, 0.3) is 0 Å². The highest BCUT2D eigenvalue weighted by Crippen LogP contribution is 2.47. The van der Waals surface area contributed by atoms with Gasteiger partial charge in [0, 0.05) is 6.54 Å². The maximum absolute atomic E-state index is 5.47. The summed E-state index contributed by atoms with van der Waals surface area (Å²) in [6.07, 6.45) is 5.88. The molecular weight excluding hydrogens is 146 g/mol. The van der Waals surface area contributed by atoms with Gasteiger partial charge in [-0.05, 0) is 48.8 Å². The summed E-state index contributed by atoms with van der Waals surface area (Å²) in [7, 11) is 0. The van der Waals surface area contributed by atoms with Gasteiger partial charge in [0.1, 0.15) is 0 Å². The van der Waals surface area contributed by atoms with Crippen molar-refractivity contribution < 1.29 is 0 Å². The highest BCUT2D eigenvalue weighted by molar-refractivity contribution is 6.13. The van der Waals surface area contributed by atoms with E-state index in [1.165, 1.54) is 25.7 Å². The van der Waals surface area contributed by atoms with Crippen LogP contribution in [0, 0.1) is 17.8 Å². The third-order valence-corrected chi connectivity index (χ3v) is 3.38. The van der Waals surface area contributed by atoms with E-state index in [1.54, 1.807) is 0 Å². The lowest BCUT2D eigenvalue weighted by Crippen LogP contribution is -2.20. The van der Waals surface area contributed by atoms with Crippen molar-refractivity contribution in [2.45, 2.75) is 25.7 Å². The van der Waals surface area contributed by atoms with Crippen LogP contribution in [-0.4, -0.2) is 6.54 Å². The monoisotopic (exact) mass is 159 g/mol. The Labute approximate surface area is 67.2 Å². The Morgan fingerprint density at radius 2 is 2.20 bits per heavy atom. The fraction of sp³-hybridized carbons (Fsp3) is 1.00. The summed E-state index contributed by atoms with van der Waals surface area (Å²) in [5, 5.41) is 0. The van der Waals surface area contributed by atoms with Crippen molar-refractivity contribution in [3.05, 3.63) is 0 Å². The van der Waals surface area contributed by atoms with Crippen LogP contribution in [-0.2, 0) is 0 Å². The molecule has 1 N–H and O–H groups in total. The van der Waals surface area contributed by atoms with Crippen molar-refractivity contribution >= 4 is 11.8 Å². The third-order valence-electron chi connectivity index (χ3n) is 3.22. The summed E-state index contributed by atoms with van der Waals surface area (Å²) < 4.78 is 0. The zero-order chi connectivity index (χ0) is 6.97. The van der Waals surface area contributed by atoms with Crippen molar-refractivity contribution in [1.29, 1.82) is 0 Å². The molecule has 58 valence electrons. The van der Waals surface area contributed by atoms with Crippen molar-refractivity contribution in [3.8, 4) is 0 Å². The number of fused-ring (bicyclic) bond motifs is 2. The second-order valence-electron chi connectivity index (χ2n) is 3.77. The summed E-state index contributed by atoms with van der Waals surface area (Å²) in [6.45, 7) is 1.03. The molecule has 0 saturated heterocycles. The van der Waals surface area contributed by atoms with Crippen LogP contribution < -0.4 is 4.84 Å². The van der Waals surface area contributed by atoms with Crippen LogP contribution in [0.4, 0.5) is 0 Å². The number of hydrogen-bond acceptors (Lipinski definition) is 1. The van der Waals surface area contributed by atoms with Gasteiger partial charge in [-0.2, -0.15) is 0 Å². The summed E-state index contributed by atoms with van der Waals surface area (Å²) in [4.78, 5) is 2.77. The zero-order valence-electron chi connectivity index (χ0n) is 6.15. The Morgan fingerprint density at radius 1 is 1.30 bits per heavy atom. The van der Waals surface area contributed by atoms with Crippen LogP contribution in [0.25, 0.3) is 0 Å². The van der Waals surface area contributed by atoms with Gasteiger partial charge in [0.15, 0.2) is 0 Å². The first-order valence-corrected chi connectivity index (χ1v) is 4.61. The summed E-state index contributed by atoms with van der Waals surface area (Å²) >= 11 is 5.47. The summed E-state index contributed by atoms with van der Waals surface area (Å²) in [5.41, 5.74) is 0. The normalized spacial score (nSPS) is 44.7. The first kappa shape index (κ1) is 6.93. The van der Waals surface area contributed by atoms with E-state index < -0.39 is 0 Å². The molecule has 3 unspecified atom stereocenters. The Balaban J connectivity index is 1.90. The average Bonchev–Trinajstić information content (AvgIpc) is 2.48. The molecule has 1 nitrogen and oxygen atoms in total. The van der Waals surface area contributed by atoms with Gasteiger partial charge >= 0.3 is 0 Å². The predicted octanol–water partition coefficient (Wildman–Crippen LogP) is 2.17. The lowest BCUT2D eigenvalue weighted by molar-refractivity contribution is 0.334. The van der Waals surface area contributed by atoms with Crippen LogP contribution in [0.3, 0.4) is 0 Å². The third kappa shape index (κ3) is 1.06. The molecule has 2 bridgehead atoms. The fourth-order valence-corrected chi connectivity index (χ4v) is 2.92. The van der Waals surface area contributed by atoms with Gasteiger partial charge < -0.3 is 0 Å².